The molecule has 2 unspecified atom stereocenters. The first-order valence-corrected chi connectivity index (χ1v) is 7.30. The highest BCUT2D eigenvalue weighted by Gasteiger charge is 2.44. The topological polar surface area (TPSA) is 70.8 Å². The highest BCUT2D eigenvalue weighted by molar-refractivity contribution is 6.04. The van der Waals surface area contributed by atoms with E-state index in [4.69, 9.17) is 4.42 Å². The molecular weight excluding hydrogens is 282 g/mol. The standard InChI is InChI=1S/C17H17NO4/c1-2-9-18-14(17(20)21)11-6-3-4-7-12(11)16(19)15(18)13-8-5-10-22-13/h3-8,10,14-15H,2,9H2,1H3,(H,20,21). The predicted octanol–water partition coefficient (Wildman–Crippen LogP) is 3.05. The van der Waals surface area contributed by atoms with Gasteiger partial charge in [-0.2, -0.15) is 0 Å². The van der Waals surface area contributed by atoms with Crippen LogP contribution in [-0.4, -0.2) is 28.3 Å². The Bertz CT molecular complexity index is 692. The zero-order valence-electron chi connectivity index (χ0n) is 12.2. The number of nitrogens with zero attached hydrogens (tertiary/aromatic N) is 1. The first kappa shape index (κ1) is 14.5. The molecule has 0 radical (unpaired) electrons. The lowest BCUT2D eigenvalue weighted by Crippen LogP contribution is -2.45. The van der Waals surface area contributed by atoms with Crippen molar-refractivity contribution in [1.82, 2.24) is 4.90 Å². The van der Waals surface area contributed by atoms with Crippen LogP contribution in [0.1, 0.15) is 47.1 Å². The lowest BCUT2D eigenvalue weighted by Gasteiger charge is -2.39. The van der Waals surface area contributed by atoms with Gasteiger partial charge < -0.3 is 9.52 Å². The Labute approximate surface area is 128 Å². The summed E-state index contributed by atoms with van der Waals surface area (Å²) >= 11 is 0. The van der Waals surface area contributed by atoms with Gasteiger partial charge in [-0.05, 0) is 24.1 Å². The molecule has 1 aromatic carbocycles. The Morgan fingerprint density at radius 1 is 1.27 bits per heavy atom. The molecule has 1 aliphatic heterocycles. The molecule has 1 aliphatic rings. The first-order chi connectivity index (χ1) is 10.6. The van der Waals surface area contributed by atoms with E-state index in [9.17, 15) is 14.7 Å². The maximum absolute atomic E-state index is 12.9. The molecule has 0 amide bonds. The molecule has 0 fully saturated rings. The van der Waals surface area contributed by atoms with Gasteiger partial charge in [-0.25, -0.2) is 0 Å². The number of carboxylic acid groups (broad SMARTS) is 1. The van der Waals surface area contributed by atoms with Gasteiger partial charge >= 0.3 is 5.97 Å². The van der Waals surface area contributed by atoms with Gasteiger partial charge in [0, 0.05) is 12.1 Å². The van der Waals surface area contributed by atoms with E-state index in [1.54, 1.807) is 41.3 Å². The first-order valence-electron chi connectivity index (χ1n) is 7.30. The number of carboxylic acids is 1. The van der Waals surface area contributed by atoms with Crippen LogP contribution < -0.4 is 0 Å². The number of hydrogen-bond donors (Lipinski definition) is 1. The maximum atomic E-state index is 12.9. The van der Waals surface area contributed by atoms with Crippen LogP contribution in [0.15, 0.2) is 47.1 Å². The van der Waals surface area contributed by atoms with Crippen molar-refractivity contribution in [2.75, 3.05) is 6.54 Å². The van der Waals surface area contributed by atoms with Crippen molar-refractivity contribution in [3.63, 3.8) is 0 Å². The van der Waals surface area contributed by atoms with Gasteiger partial charge in [-0.1, -0.05) is 31.2 Å². The van der Waals surface area contributed by atoms with E-state index < -0.39 is 18.1 Å². The molecule has 0 saturated carbocycles. The fourth-order valence-electron chi connectivity index (χ4n) is 3.12. The molecule has 3 rings (SSSR count). The maximum Gasteiger partial charge on any atom is 0.325 e. The molecule has 0 bridgehead atoms. The Morgan fingerprint density at radius 2 is 2.05 bits per heavy atom. The minimum absolute atomic E-state index is 0.114. The van der Waals surface area contributed by atoms with Crippen LogP contribution in [0.3, 0.4) is 0 Å². The van der Waals surface area contributed by atoms with Crippen LogP contribution in [0, 0.1) is 0 Å². The monoisotopic (exact) mass is 299 g/mol. The summed E-state index contributed by atoms with van der Waals surface area (Å²) in [5.74, 6) is -0.583. The second kappa shape index (κ2) is 5.77. The van der Waals surface area contributed by atoms with Crippen molar-refractivity contribution < 1.29 is 19.1 Å². The van der Waals surface area contributed by atoms with E-state index in [1.165, 1.54) is 6.26 Å². The molecule has 5 nitrogen and oxygen atoms in total. The number of fused-ring (bicyclic) bond motifs is 1. The molecule has 1 aromatic heterocycles. The zero-order chi connectivity index (χ0) is 15.7. The van der Waals surface area contributed by atoms with E-state index in [1.807, 2.05) is 6.92 Å². The molecular formula is C17H17NO4. The van der Waals surface area contributed by atoms with Gasteiger partial charge in [0.2, 0.25) is 0 Å². The van der Waals surface area contributed by atoms with Crippen molar-refractivity contribution >= 4 is 11.8 Å². The average Bonchev–Trinajstić information content (AvgIpc) is 3.01. The van der Waals surface area contributed by atoms with E-state index in [-0.39, 0.29) is 5.78 Å². The summed E-state index contributed by atoms with van der Waals surface area (Å²) in [4.78, 5) is 26.4. The fraction of sp³-hybridized carbons (Fsp3) is 0.294. The molecule has 0 aliphatic carbocycles. The van der Waals surface area contributed by atoms with Crippen molar-refractivity contribution in [2.24, 2.45) is 0 Å². The molecule has 5 heteroatoms. The molecule has 2 atom stereocenters. The largest absolute Gasteiger partial charge is 0.480 e. The van der Waals surface area contributed by atoms with Crippen LogP contribution in [0.4, 0.5) is 0 Å². The summed E-state index contributed by atoms with van der Waals surface area (Å²) < 4.78 is 5.41. The Kier molecular flexibility index (Phi) is 3.81. The van der Waals surface area contributed by atoms with Crippen molar-refractivity contribution in [3.8, 4) is 0 Å². The van der Waals surface area contributed by atoms with E-state index in [0.29, 0.717) is 23.4 Å². The number of carbonyl (C=O) groups excluding carboxylic acids is 1. The number of aliphatic carboxylic acids is 1. The number of hydrogen-bond acceptors (Lipinski definition) is 4. The SMILES string of the molecule is CCCN1C(c2ccco2)C(=O)c2ccccc2C1C(=O)O. The Morgan fingerprint density at radius 3 is 2.68 bits per heavy atom. The van der Waals surface area contributed by atoms with E-state index in [0.717, 1.165) is 6.42 Å². The highest BCUT2D eigenvalue weighted by atomic mass is 16.4. The van der Waals surface area contributed by atoms with Gasteiger partial charge in [0.05, 0.1) is 6.26 Å². The van der Waals surface area contributed by atoms with Gasteiger partial charge in [-0.3, -0.25) is 14.5 Å². The summed E-state index contributed by atoms with van der Waals surface area (Å²) in [6.07, 6.45) is 2.25. The van der Waals surface area contributed by atoms with Gasteiger partial charge in [-0.15, -0.1) is 0 Å². The Hall–Kier alpha value is -2.40. The lowest BCUT2D eigenvalue weighted by molar-refractivity contribution is -0.144. The molecule has 2 aromatic rings. The minimum atomic E-state index is -0.954. The quantitative estimate of drug-likeness (QED) is 0.939. The molecule has 22 heavy (non-hydrogen) atoms. The van der Waals surface area contributed by atoms with Crippen molar-refractivity contribution in [3.05, 3.63) is 59.5 Å². The van der Waals surface area contributed by atoms with Crippen molar-refractivity contribution in [2.45, 2.75) is 25.4 Å². The smallest absolute Gasteiger partial charge is 0.325 e. The fourth-order valence-corrected chi connectivity index (χ4v) is 3.12. The third kappa shape index (κ3) is 2.23. The molecule has 0 spiro atoms. The highest BCUT2D eigenvalue weighted by Crippen LogP contribution is 2.40. The third-order valence-electron chi connectivity index (χ3n) is 3.96. The number of carbonyl (C=O) groups is 2. The molecule has 0 saturated heterocycles. The summed E-state index contributed by atoms with van der Waals surface area (Å²) in [5.41, 5.74) is 1.01. The second-order valence-corrected chi connectivity index (χ2v) is 5.35. The average molecular weight is 299 g/mol. The number of ketones is 1. The third-order valence-corrected chi connectivity index (χ3v) is 3.96. The van der Waals surface area contributed by atoms with Crippen LogP contribution in [0.2, 0.25) is 0 Å². The van der Waals surface area contributed by atoms with E-state index in [2.05, 4.69) is 0 Å². The van der Waals surface area contributed by atoms with Gasteiger partial charge in [0.15, 0.2) is 5.78 Å². The van der Waals surface area contributed by atoms with E-state index >= 15 is 0 Å². The molecule has 114 valence electrons. The van der Waals surface area contributed by atoms with Crippen LogP contribution >= 0.6 is 0 Å². The normalized spacial score (nSPS) is 21.6. The van der Waals surface area contributed by atoms with Crippen LogP contribution in [-0.2, 0) is 4.79 Å². The summed E-state index contributed by atoms with van der Waals surface area (Å²) in [6.45, 7) is 2.46. The lowest BCUT2D eigenvalue weighted by atomic mass is 9.86. The zero-order valence-corrected chi connectivity index (χ0v) is 12.2. The number of rotatable bonds is 4. The number of Topliss-reactive ketones (excluding diaryl/α,β-unsaturated/α-hetero) is 1. The molecule has 1 N–H and O–H groups in total. The second-order valence-electron chi connectivity index (χ2n) is 5.35. The Balaban J connectivity index is 2.18. The summed E-state index contributed by atoms with van der Waals surface area (Å²) in [7, 11) is 0. The molecule has 2 heterocycles. The number of benzene rings is 1. The van der Waals surface area contributed by atoms with Crippen molar-refractivity contribution in [1.29, 1.82) is 0 Å². The minimum Gasteiger partial charge on any atom is -0.480 e. The summed E-state index contributed by atoms with van der Waals surface area (Å²) in [6, 6.07) is 8.82. The van der Waals surface area contributed by atoms with Gasteiger partial charge in [0.25, 0.3) is 0 Å². The van der Waals surface area contributed by atoms with Gasteiger partial charge in [0.1, 0.15) is 17.8 Å². The van der Waals surface area contributed by atoms with Crippen LogP contribution in [0.5, 0.6) is 0 Å². The predicted molar refractivity (Wildman–Crippen MR) is 79.6 cm³/mol. The van der Waals surface area contributed by atoms with Crippen LogP contribution in [0.25, 0.3) is 0 Å². The summed E-state index contributed by atoms with van der Waals surface area (Å²) in [5, 5.41) is 9.70. The number of furan rings is 1.